The van der Waals surface area contributed by atoms with Crippen LogP contribution in [0.2, 0.25) is 0 Å². The molecule has 1 atom stereocenters. The van der Waals surface area contributed by atoms with Gasteiger partial charge in [0, 0.05) is 30.6 Å². The van der Waals surface area contributed by atoms with Crippen molar-refractivity contribution in [3.63, 3.8) is 0 Å². The highest BCUT2D eigenvalue weighted by Gasteiger charge is 2.23. The van der Waals surface area contributed by atoms with Gasteiger partial charge in [-0.25, -0.2) is 13.1 Å². The van der Waals surface area contributed by atoms with Crippen LogP contribution in [0.15, 0.2) is 16.3 Å². The summed E-state index contributed by atoms with van der Waals surface area (Å²) in [7, 11) is -1.91. The summed E-state index contributed by atoms with van der Waals surface area (Å²) >= 11 is 1.30. The predicted octanol–water partition coefficient (Wildman–Crippen LogP) is 2.20. The number of hydrogen-bond acceptors (Lipinski definition) is 5. The fraction of sp³-hybridized carbons (Fsp3) is 0.714. The lowest BCUT2D eigenvalue weighted by molar-refractivity contribution is 0.157. The van der Waals surface area contributed by atoms with Gasteiger partial charge >= 0.3 is 0 Å². The number of nitrogens with one attached hydrogen (secondary N) is 2. The van der Waals surface area contributed by atoms with Crippen molar-refractivity contribution < 1.29 is 13.2 Å². The van der Waals surface area contributed by atoms with Crippen molar-refractivity contribution in [1.29, 1.82) is 0 Å². The van der Waals surface area contributed by atoms with Crippen molar-refractivity contribution >= 4 is 21.4 Å². The maximum Gasteiger partial charge on any atom is 0.250 e. The maximum absolute atomic E-state index is 12.4. The van der Waals surface area contributed by atoms with Crippen molar-refractivity contribution in [2.75, 3.05) is 13.7 Å². The van der Waals surface area contributed by atoms with Gasteiger partial charge in [-0.3, -0.25) is 0 Å². The first kappa shape index (κ1) is 18.6. The van der Waals surface area contributed by atoms with Crippen LogP contribution in [0, 0.1) is 5.92 Å². The molecule has 0 amide bonds. The Kier molecular flexibility index (Phi) is 7.29. The molecule has 1 rings (SSSR count). The minimum Gasteiger partial charge on any atom is -0.383 e. The Morgan fingerprint density at radius 3 is 2.43 bits per heavy atom. The molecule has 0 spiro atoms. The largest absolute Gasteiger partial charge is 0.383 e. The van der Waals surface area contributed by atoms with Crippen molar-refractivity contribution in [1.82, 2.24) is 10.0 Å². The highest BCUT2D eigenvalue weighted by molar-refractivity contribution is 7.91. The van der Waals surface area contributed by atoms with E-state index in [4.69, 9.17) is 4.74 Å². The second-order valence-corrected chi connectivity index (χ2v) is 8.79. The molecule has 7 heteroatoms. The van der Waals surface area contributed by atoms with Crippen LogP contribution in [-0.4, -0.2) is 34.2 Å². The standard InChI is InChI=1S/C14H26N2O3S2/c1-10(2)13(9-19-5)16-21(17,18)14-7-6-12(20-14)8-15-11(3)4/h6-7,10-11,13,15-16H,8-9H2,1-5H3. The van der Waals surface area contributed by atoms with Crippen LogP contribution in [-0.2, 0) is 21.3 Å². The highest BCUT2D eigenvalue weighted by atomic mass is 32.2. The molecule has 1 unspecified atom stereocenters. The van der Waals surface area contributed by atoms with Gasteiger partial charge in [0.15, 0.2) is 0 Å². The number of sulfonamides is 1. The summed E-state index contributed by atoms with van der Waals surface area (Å²) in [4.78, 5) is 1.01. The predicted molar refractivity (Wildman–Crippen MR) is 87.1 cm³/mol. The molecule has 0 aromatic carbocycles. The van der Waals surface area contributed by atoms with E-state index in [0.717, 1.165) is 4.88 Å². The zero-order chi connectivity index (χ0) is 16.0. The van der Waals surface area contributed by atoms with E-state index < -0.39 is 10.0 Å². The third-order valence-corrected chi connectivity index (χ3v) is 6.11. The monoisotopic (exact) mass is 334 g/mol. The van der Waals surface area contributed by atoms with Crippen LogP contribution in [0.3, 0.4) is 0 Å². The summed E-state index contributed by atoms with van der Waals surface area (Å²) in [5.41, 5.74) is 0. The van der Waals surface area contributed by atoms with Gasteiger partial charge in [-0.1, -0.05) is 27.7 Å². The van der Waals surface area contributed by atoms with Crippen LogP contribution in [0.4, 0.5) is 0 Å². The summed E-state index contributed by atoms with van der Waals surface area (Å²) in [6.07, 6.45) is 0. The van der Waals surface area contributed by atoms with Gasteiger partial charge in [0.25, 0.3) is 0 Å². The molecule has 5 nitrogen and oxygen atoms in total. The SMILES string of the molecule is COCC(NS(=O)(=O)c1ccc(CNC(C)C)s1)C(C)C. The number of ether oxygens (including phenoxy) is 1. The van der Waals surface area contributed by atoms with Crippen LogP contribution in [0.25, 0.3) is 0 Å². The molecule has 0 saturated carbocycles. The van der Waals surface area contributed by atoms with E-state index in [1.807, 2.05) is 19.9 Å². The minimum atomic E-state index is -3.48. The second kappa shape index (κ2) is 8.24. The van der Waals surface area contributed by atoms with E-state index in [9.17, 15) is 8.42 Å². The third kappa shape index (κ3) is 6.04. The molecule has 0 aliphatic rings. The highest BCUT2D eigenvalue weighted by Crippen LogP contribution is 2.22. The van der Waals surface area contributed by atoms with Gasteiger partial charge in [0.1, 0.15) is 4.21 Å². The fourth-order valence-electron chi connectivity index (χ4n) is 1.70. The number of methoxy groups -OCH3 is 1. The van der Waals surface area contributed by atoms with E-state index in [2.05, 4.69) is 23.9 Å². The molecule has 0 aliphatic carbocycles. The van der Waals surface area contributed by atoms with Crippen LogP contribution in [0.1, 0.15) is 32.6 Å². The molecule has 0 aliphatic heterocycles. The van der Waals surface area contributed by atoms with E-state index in [1.54, 1.807) is 13.2 Å². The van der Waals surface area contributed by atoms with Crippen molar-refractivity contribution in [3.8, 4) is 0 Å². The molecular weight excluding hydrogens is 308 g/mol. The molecule has 122 valence electrons. The second-order valence-electron chi connectivity index (χ2n) is 5.68. The summed E-state index contributed by atoms with van der Waals surface area (Å²) < 4.78 is 33.0. The Morgan fingerprint density at radius 2 is 1.90 bits per heavy atom. The first-order chi connectivity index (χ1) is 9.76. The van der Waals surface area contributed by atoms with Gasteiger partial charge in [0.05, 0.1) is 6.61 Å². The summed E-state index contributed by atoms with van der Waals surface area (Å²) in [5.74, 6) is 0.168. The molecule has 0 bridgehead atoms. The zero-order valence-corrected chi connectivity index (χ0v) is 15.0. The Morgan fingerprint density at radius 1 is 1.24 bits per heavy atom. The molecule has 1 heterocycles. The number of thiophene rings is 1. The maximum atomic E-state index is 12.4. The van der Waals surface area contributed by atoms with Crippen LogP contribution in [0.5, 0.6) is 0 Å². The van der Waals surface area contributed by atoms with Gasteiger partial charge in [0.2, 0.25) is 10.0 Å². The van der Waals surface area contributed by atoms with E-state index in [1.165, 1.54) is 11.3 Å². The van der Waals surface area contributed by atoms with Crippen molar-refractivity contribution in [2.45, 2.75) is 50.5 Å². The van der Waals surface area contributed by atoms with Crippen LogP contribution < -0.4 is 10.0 Å². The van der Waals surface area contributed by atoms with Crippen LogP contribution >= 0.6 is 11.3 Å². The molecule has 1 aromatic heterocycles. The molecule has 21 heavy (non-hydrogen) atoms. The van der Waals surface area contributed by atoms with E-state index in [0.29, 0.717) is 23.4 Å². The number of rotatable bonds is 9. The van der Waals surface area contributed by atoms with Gasteiger partial charge < -0.3 is 10.1 Å². The summed E-state index contributed by atoms with van der Waals surface area (Å²) in [6.45, 7) is 9.11. The third-order valence-electron chi connectivity index (χ3n) is 3.04. The smallest absolute Gasteiger partial charge is 0.250 e. The van der Waals surface area contributed by atoms with Crippen molar-refractivity contribution in [3.05, 3.63) is 17.0 Å². The molecule has 1 aromatic rings. The molecule has 2 N–H and O–H groups in total. The summed E-state index contributed by atoms with van der Waals surface area (Å²) in [5, 5.41) is 3.28. The summed E-state index contributed by atoms with van der Waals surface area (Å²) in [6, 6.07) is 3.67. The Labute approximate surface area is 132 Å². The fourth-order valence-corrected chi connectivity index (χ4v) is 4.39. The van der Waals surface area contributed by atoms with Crippen molar-refractivity contribution in [2.24, 2.45) is 5.92 Å². The lowest BCUT2D eigenvalue weighted by atomic mass is 10.1. The average Bonchev–Trinajstić information content (AvgIpc) is 2.85. The number of hydrogen-bond donors (Lipinski definition) is 2. The minimum absolute atomic E-state index is 0.168. The Balaban J connectivity index is 2.78. The Bertz CT molecular complexity index is 524. The lowest BCUT2D eigenvalue weighted by Crippen LogP contribution is -2.41. The average molecular weight is 335 g/mol. The van der Waals surface area contributed by atoms with E-state index >= 15 is 0 Å². The molecular formula is C14H26N2O3S2. The molecule has 0 radical (unpaired) electrons. The van der Waals surface area contributed by atoms with Gasteiger partial charge in [-0.05, 0) is 18.1 Å². The quantitative estimate of drug-likeness (QED) is 0.726. The first-order valence-corrected chi connectivity index (χ1v) is 9.39. The zero-order valence-electron chi connectivity index (χ0n) is 13.3. The molecule has 0 fully saturated rings. The first-order valence-electron chi connectivity index (χ1n) is 7.09. The van der Waals surface area contributed by atoms with E-state index in [-0.39, 0.29) is 12.0 Å². The normalized spacial score (nSPS) is 14.0. The van der Waals surface area contributed by atoms with Gasteiger partial charge in [-0.15, -0.1) is 11.3 Å². The Hall–Kier alpha value is -0.470. The molecule has 0 saturated heterocycles. The van der Waals surface area contributed by atoms with Gasteiger partial charge in [-0.2, -0.15) is 0 Å². The topological polar surface area (TPSA) is 67.4 Å². The lowest BCUT2D eigenvalue weighted by Gasteiger charge is -2.20.